The van der Waals surface area contributed by atoms with Gasteiger partial charge in [-0.2, -0.15) is 4.98 Å². The summed E-state index contributed by atoms with van der Waals surface area (Å²) < 4.78 is 53.5. The van der Waals surface area contributed by atoms with Crippen LogP contribution in [0.5, 0.6) is 5.75 Å². The van der Waals surface area contributed by atoms with Crippen molar-refractivity contribution in [1.82, 2.24) is 14.5 Å². The van der Waals surface area contributed by atoms with Gasteiger partial charge in [-0.3, -0.25) is 13.9 Å². The summed E-state index contributed by atoms with van der Waals surface area (Å²) in [4.78, 5) is 29.8. The van der Waals surface area contributed by atoms with Crippen LogP contribution >= 0.6 is 19.2 Å². The first-order chi connectivity index (χ1) is 18.1. The summed E-state index contributed by atoms with van der Waals surface area (Å²) in [5.41, 5.74) is 4.43. The molecule has 3 rings (SSSR count). The maximum Gasteiger partial charge on any atom is 0.380 e. The molecule has 0 amide bonds. The minimum absolute atomic E-state index is 0.0627. The number of carbonyl (C=O) groups excluding carboxylic acids is 1. The number of halogens is 1. The van der Waals surface area contributed by atoms with E-state index in [4.69, 9.17) is 45.0 Å². The van der Waals surface area contributed by atoms with E-state index in [1.54, 1.807) is 32.0 Å². The number of nitrogen functional groups attached to an aromatic ring is 1. The van der Waals surface area contributed by atoms with Crippen LogP contribution in [0.15, 0.2) is 41.5 Å². The number of nitrogens with two attached hydrogens (primary N) is 1. The topological polar surface area (TPSA) is 165 Å². The average molecular weight is 557 g/mol. The van der Waals surface area contributed by atoms with Crippen LogP contribution in [0.1, 0.15) is 29.7 Å². The molecule has 3 N–H and O–H groups in total. The van der Waals surface area contributed by atoms with Crippen molar-refractivity contribution >= 4 is 31.1 Å². The van der Waals surface area contributed by atoms with Crippen LogP contribution in [0, 0.1) is 18.3 Å². The molecule has 12 nitrogen and oxygen atoms in total. The van der Waals surface area contributed by atoms with E-state index in [2.05, 4.69) is 15.9 Å². The number of alkyl halides is 1. The van der Waals surface area contributed by atoms with E-state index in [0.717, 1.165) is 10.9 Å². The molecule has 0 bridgehead atoms. The zero-order chi connectivity index (χ0) is 29.2. The molecule has 1 aromatic heterocycles. The molecule has 2 heterocycles. The molecule has 6 atom stereocenters. The fourth-order valence-electron chi connectivity index (χ4n) is 3.34. The highest BCUT2D eigenvalue weighted by Gasteiger charge is 2.56. The van der Waals surface area contributed by atoms with Crippen molar-refractivity contribution in [3.63, 3.8) is 0 Å². The number of aromatic nitrogens is 3. The Morgan fingerprint density at radius 1 is 1.43 bits per heavy atom. The number of carbonyl (C=O) groups is 1. The fourth-order valence-corrected chi connectivity index (χ4v) is 5.32. The normalized spacial score (nSPS) is 26.9. The number of terminal acetylenes is 1. The zero-order valence-corrected chi connectivity index (χ0v) is 21.8. The van der Waals surface area contributed by atoms with Crippen LogP contribution in [0.2, 0.25) is 0 Å². The summed E-state index contributed by atoms with van der Waals surface area (Å²) in [7, 11) is -4.52. The lowest BCUT2D eigenvalue weighted by atomic mass is 10.00. The van der Waals surface area contributed by atoms with E-state index in [-0.39, 0.29) is 11.7 Å². The van der Waals surface area contributed by atoms with Crippen molar-refractivity contribution < 1.29 is 35.7 Å². The number of ether oxygens (including phenoxy) is 2. The highest BCUT2D eigenvalue weighted by molar-refractivity contribution is 7.54. The molecule has 0 spiro atoms. The largest absolute Gasteiger partial charge is 0.463 e. The average Bonchev–Trinajstić information content (AvgIpc) is 3.10. The Hall–Kier alpha value is -2.94. The number of nitrogens with zero attached hydrogens (tertiary/aromatic N) is 3. The quantitative estimate of drug-likeness (QED) is 0.190. The molecule has 0 saturated carbocycles. The Balaban J connectivity index is 1.96. The Bertz CT molecular complexity index is 1340. The van der Waals surface area contributed by atoms with Gasteiger partial charge in [0.15, 0.2) is 11.1 Å². The second-order valence-corrected chi connectivity index (χ2v) is 11.0. The minimum atomic E-state index is -4.52. The maximum absolute atomic E-state index is 13.9. The zero-order valence-electron chi connectivity index (χ0n) is 22.2. The van der Waals surface area contributed by atoms with Crippen molar-refractivity contribution in [3.05, 3.63) is 47.1 Å². The van der Waals surface area contributed by atoms with Crippen LogP contribution in [-0.2, 0) is 23.4 Å². The van der Waals surface area contributed by atoms with Gasteiger partial charge in [0.2, 0.25) is 5.95 Å². The van der Waals surface area contributed by atoms with Crippen LogP contribution < -0.4 is 15.9 Å². The molecule has 0 aliphatic carbocycles. The number of esters is 1. The number of aliphatic hydroxyl groups is 1. The van der Waals surface area contributed by atoms with E-state index in [9.17, 15) is 19.3 Å². The van der Waals surface area contributed by atoms with Crippen LogP contribution in [-0.4, -0.2) is 61.5 Å². The number of para-hydroxylation sites is 1. The van der Waals surface area contributed by atoms with E-state index in [1.165, 1.54) is 19.1 Å². The first kappa shape index (κ1) is 25.7. The number of benzene rings is 1. The molecule has 1 aliphatic heterocycles. The van der Waals surface area contributed by atoms with Gasteiger partial charge in [-0.1, -0.05) is 42.6 Å². The van der Waals surface area contributed by atoms with E-state index < -0.39 is 67.3 Å². The van der Waals surface area contributed by atoms with Gasteiger partial charge in [0.1, 0.15) is 24.3 Å². The Kier molecular flexibility index (Phi) is 8.08. The van der Waals surface area contributed by atoms with Crippen LogP contribution in [0.4, 0.5) is 5.95 Å². The van der Waals surface area contributed by atoms with E-state index >= 15 is 0 Å². The van der Waals surface area contributed by atoms with Gasteiger partial charge >= 0.3 is 19.3 Å². The summed E-state index contributed by atoms with van der Waals surface area (Å²) in [6.45, 7) is 1.60. The van der Waals surface area contributed by atoms with Crippen molar-refractivity contribution in [2.45, 2.75) is 50.2 Å². The monoisotopic (exact) mass is 556 g/mol. The minimum Gasteiger partial charge on any atom is -0.463 e. The molecule has 1 fully saturated rings. The van der Waals surface area contributed by atoms with Gasteiger partial charge in [0, 0.05) is 0 Å². The number of hydrogen-bond donors (Lipinski definition) is 2. The maximum atomic E-state index is 13.9. The molecule has 1 saturated heterocycles. The van der Waals surface area contributed by atoms with Gasteiger partial charge < -0.3 is 24.8 Å². The number of anilines is 1. The predicted octanol–water partition coefficient (Wildman–Crippen LogP) is 1.97. The molecule has 37 heavy (non-hydrogen) atoms. The van der Waals surface area contributed by atoms with Crippen LogP contribution in [0.3, 0.4) is 0 Å². The molecule has 200 valence electrons. The molecule has 1 aliphatic rings. The highest BCUT2D eigenvalue weighted by atomic mass is 35.5. The van der Waals surface area contributed by atoms with Gasteiger partial charge in [0.25, 0.3) is 0 Å². The Morgan fingerprint density at radius 2 is 2.11 bits per heavy atom. The second kappa shape index (κ2) is 11.6. The lowest BCUT2D eigenvalue weighted by Gasteiger charge is -2.25. The van der Waals surface area contributed by atoms with E-state index in [0.29, 0.717) is 0 Å². The SMILES string of the molecule is [2H]C([2H])(O[P@@](=O)(C[C@@H](C)C(=O)OC(C)C)Oc1ccccc1)[C@H]1O[C@@H](n2cnc(N)nc2=O)C(Cl)(C#C)[C@H]1O. The third kappa shape index (κ3) is 6.69. The van der Waals surface area contributed by atoms with Crippen molar-refractivity contribution in [3.8, 4) is 18.1 Å². The first-order valence-electron chi connectivity index (χ1n) is 12.1. The lowest BCUT2D eigenvalue weighted by molar-refractivity contribution is -0.151. The van der Waals surface area contributed by atoms with E-state index in [1.807, 2.05) is 0 Å². The smallest absolute Gasteiger partial charge is 0.380 e. The van der Waals surface area contributed by atoms with Gasteiger partial charge in [-0.15, -0.1) is 6.42 Å². The molecule has 0 radical (unpaired) electrons. The number of rotatable bonds is 10. The summed E-state index contributed by atoms with van der Waals surface area (Å²) in [6.07, 6.45) is -0.256. The lowest BCUT2D eigenvalue weighted by Crippen LogP contribution is -2.43. The van der Waals surface area contributed by atoms with Gasteiger partial charge in [-0.05, 0) is 26.0 Å². The number of aliphatic hydroxyl groups excluding tert-OH is 1. The molecule has 1 aromatic carbocycles. The summed E-state index contributed by atoms with van der Waals surface area (Å²) in [5.74, 6) is 0.0728. The van der Waals surface area contributed by atoms with Gasteiger partial charge in [0.05, 0.1) is 27.5 Å². The van der Waals surface area contributed by atoms with Gasteiger partial charge in [-0.25, -0.2) is 14.3 Å². The molecule has 14 heteroatoms. The highest BCUT2D eigenvalue weighted by Crippen LogP contribution is 2.51. The third-order valence-corrected chi connectivity index (χ3v) is 7.51. The fraction of sp³-hybridized carbons (Fsp3) is 0.478. The molecular formula is C23H28ClN4O8P. The standard InChI is InChI=1S/C23H28ClN4O8P/c1-5-23(24)18(29)17(35-20(23)28-13-26-21(25)27-22(28)31)11-33-37(32,36-16-9-7-6-8-10-16)12-15(4)19(30)34-14(2)3/h1,6-10,13-15,17-18,20,29H,11-12H2,2-4H3,(H2,25,27,31)/t15-,17-,18+,20-,23?,37+/m1/s1/i11D2. The summed E-state index contributed by atoms with van der Waals surface area (Å²) >= 11 is 6.45. The van der Waals surface area contributed by atoms with Crippen LogP contribution in [0.25, 0.3) is 0 Å². The van der Waals surface area contributed by atoms with Crippen molar-refractivity contribution in [2.75, 3.05) is 18.5 Å². The second-order valence-electron chi connectivity index (χ2n) is 8.46. The Morgan fingerprint density at radius 3 is 2.70 bits per heavy atom. The predicted molar refractivity (Wildman–Crippen MR) is 134 cm³/mol. The molecule has 1 unspecified atom stereocenters. The van der Waals surface area contributed by atoms with Crippen molar-refractivity contribution in [2.24, 2.45) is 5.92 Å². The van der Waals surface area contributed by atoms with Crippen molar-refractivity contribution in [1.29, 1.82) is 0 Å². The first-order valence-corrected chi connectivity index (χ1v) is 13.2. The summed E-state index contributed by atoms with van der Waals surface area (Å²) in [6, 6.07) is 7.75. The third-order valence-electron chi connectivity index (χ3n) is 5.12. The molecular weight excluding hydrogens is 527 g/mol. The number of hydrogen-bond acceptors (Lipinski definition) is 11. The molecule has 2 aromatic rings. The summed E-state index contributed by atoms with van der Waals surface area (Å²) in [5, 5.41) is 11.0. The Labute approximate surface area is 221 Å².